The Bertz CT molecular complexity index is 500. The number of nitrogens with zero attached hydrogens (tertiary/aromatic N) is 2. The first-order chi connectivity index (χ1) is 8.93. The third-order valence-electron chi connectivity index (χ3n) is 2.77. The molecule has 0 aliphatic rings. The number of hydrogen-bond donors (Lipinski definition) is 1. The molecule has 0 unspecified atom stereocenters. The number of rotatable bonds is 6. The summed E-state index contributed by atoms with van der Waals surface area (Å²) in [5.41, 5.74) is 6.19. The maximum atomic E-state index is 12.1. The van der Waals surface area contributed by atoms with Crippen LogP contribution in [0.15, 0.2) is 24.3 Å². The van der Waals surface area contributed by atoms with Crippen LogP contribution in [0.3, 0.4) is 0 Å². The average molecular weight is 259 g/mol. The van der Waals surface area contributed by atoms with E-state index in [-0.39, 0.29) is 24.9 Å². The zero-order valence-electron chi connectivity index (χ0n) is 11.1. The standard InChI is InChI=1S/C14H17N3O2/c1-10(2)17(9-14(16)19)8-13(18)12-5-3-11(7-15)4-6-12/h3-6,10H,8-9H2,1-2H3,(H2,16,19). The molecule has 1 aromatic carbocycles. The number of nitrogens with two attached hydrogens (primary N) is 1. The van der Waals surface area contributed by atoms with Crippen LogP contribution in [0.5, 0.6) is 0 Å². The topological polar surface area (TPSA) is 87.2 Å². The monoisotopic (exact) mass is 259 g/mol. The Kier molecular flexibility index (Phi) is 5.22. The second-order valence-electron chi connectivity index (χ2n) is 4.58. The number of carbonyl (C=O) groups is 2. The number of amides is 1. The highest BCUT2D eigenvalue weighted by atomic mass is 16.1. The van der Waals surface area contributed by atoms with Gasteiger partial charge in [-0.15, -0.1) is 0 Å². The summed E-state index contributed by atoms with van der Waals surface area (Å²) >= 11 is 0. The highest BCUT2D eigenvalue weighted by molar-refractivity contribution is 5.98. The molecule has 0 saturated carbocycles. The third kappa shape index (κ3) is 4.53. The summed E-state index contributed by atoms with van der Waals surface area (Å²) in [4.78, 5) is 24.7. The molecular formula is C14H17N3O2. The summed E-state index contributed by atoms with van der Waals surface area (Å²) in [6, 6.07) is 8.47. The molecule has 0 aliphatic heterocycles. The van der Waals surface area contributed by atoms with Gasteiger partial charge in [0.2, 0.25) is 5.91 Å². The van der Waals surface area contributed by atoms with Gasteiger partial charge in [0, 0.05) is 11.6 Å². The Balaban J connectivity index is 2.76. The van der Waals surface area contributed by atoms with Crippen LogP contribution < -0.4 is 5.73 Å². The Hall–Kier alpha value is -2.19. The van der Waals surface area contributed by atoms with Gasteiger partial charge < -0.3 is 5.73 Å². The number of Topliss-reactive ketones (excluding diaryl/α,β-unsaturated/α-hetero) is 1. The lowest BCUT2D eigenvalue weighted by atomic mass is 10.1. The van der Waals surface area contributed by atoms with E-state index in [1.54, 1.807) is 29.2 Å². The average Bonchev–Trinajstić information content (AvgIpc) is 2.37. The highest BCUT2D eigenvalue weighted by Crippen LogP contribution is 2.07. The number of primary amides is 1. The molecule has 1 aromatic rings. The van der Waals surface area contributed by atoms with Gasteiger partial charge in [-0.3, -0.25) is 14.5 Å². The Morgan fingerprint density at radius 1 is 1.26 bits per heavy atom. The van der Waals surface area contributed by atoms with Gasteiger partial charge in [-0.1, -0.05) is 12.1 Å². The Morgan fingerprint density at radius 2 is 1.84 bits per heavy atom. The second kappa shape index (κ2) is 6.66. The molecule has 0 radical (unpaired) electrons. The number of benzene rings is 1. The normalized spacial score (nSPS) is 10.5. The highest BCUT2D eigenvalue weighted by Gasteiger charge is 2.17. The minimum Gasteiger partial charge on any atom is -0.369 e. The van der Waals surface area contributed by atoms with Crippen molar-refractivity contribution in [3.05, 3.63) is 35.4 Å². The zero-order chi connectivity index (χ0) is 14.4. The summed E-state index contributed by atoms with van der Waals surface area (Å²) in [7, 11) is 0. The van der Waals surface area contributed by atoms with Crippen LogP contribution in [0.25, 0.3) is 0 Å². The molecule has 0 atom stereocenters. The van der Waals surface area contributed by atoms with E-state index in [9.17, 15) is 9.59 Å². The fourth-order valence-corrected chi connectivity index (χ4v) is 1.63. The van der Waals surface area contributed by atoms with E-state index in [1.165, 1.54) is 0 Å². The Labute approximate surface area is 112 Å². The van der Waals surface area contributed by atoms with Crippen molar-refractivity contribution in [3.8, 4) is 6.07 Å². The first kappa shape index (κ1) is 14.9. The lowest BCUT2D eigenvalue weighted by molar-refractivity contribution is -0.119. The van der Waals surface area contributed by atoms with Crippen molar-refractivity contribution in [1.82, 2.24) is 4.90 Å². The maximum absolute atomic E-state index is 12.1. The number of ketones is 1. The first-order valence-corrected chi connectivity index (χ1v) is 5.99. The lowest BCUT2D eigenvalue weighted by Gasteiger charge is -2.23. The minimum absolute atomic E-state index is 0.0508. The van der Waals surface area contributed by atoms with Crippen LogP contribution in [0.1, 0.15) is 29.8 Å². The number of nitriles is 1. The largest absolute Gasteiger partial charge is 0.369 e. The van der Waals surface area contributed by atoms with Crippen molar-refractivity contribution in [2.45, 2.75) is 19.9 Å². The number of hydrogen-bond acceptors (Lipinski definition) is 4. The van der Waals surface area contributed by atoms with Gasteiger partial charge in [-0.25, -0.2) is 0 Å². The summed E-state index contributed by atoms with van der Waals surface area (Å²) < 4.78 is 0. The third-order valence-corrected chi connectivity index (χ3v) is 2.77. The molecule has 1 amide bonds. The van der Waals surface area contributed by atoms with Crippen LogP contribution in [-0.4, -0.2) is 35.7 Å². The van der Waals surface area contributed by atoms with Crippen molar-refractivity contribution in [3.63, 3.8) is 0 Å². The molecule has 0 saturated heterocycles. The summed E-state index contributed by atoms with van der Waals surface area (Å²) in [5, 5.41) is 8.69. The van der Waals surface area contributed by atoms with E-state index in [2.05, 4.69) is 0 Å². The minimum atomic E-state index is -0.457. The Morgan fingerprint density at radius 3 is 2.26 bits per heavy atom. The quantitative estimate of drug-likeness (QED) is 0.770. The van der Waals surface area contributed by atoms with Crippen molar-refractivity contribution >= 4 is 11.7 Å². The molecule has 2 N–H and O–H groups in total. The lowest BCUT2D eigenvalue weighted by Crippen LogP contribution is -2.41. The van der Waals surface area contributed by atoms with Crippen molar-refractivity contribution in [2.24, 2.45) is 5.73 Å². The van der Waals surface area contributed by atoms with E-state index in [1.807, 2.05) is 19.9 Å². The van der Waals surface area contributed by atoms with Crippen LogP contribution in [0.4, 0.5) is 0 Å². The number of carbonyl (C=O) groups excluding carboxylic acids is 2. The molecule has 5 heteroatoms. The fraction of sp³-hybridized carbons (Fsp3) is 0.357. The molecule has 0 fully saturated rings. The van der Waals surface area contributed by atoms with Gasteiger partial charge in [0.1, 0.15) is 0 Å². The van der Waals surface area contributed by atoms with E-state index in [0.717, 1.165) is 0 Å². The van der Waals surface area contributed by atoms with Gasteiger partial charge in [-0.05, 0) is 26.0 Å². The molecule has 0 aromatic heterocycles. The summed E-state index contributed by atoms with van der Waals surface area (Å²) in [6.45, 7) is 3.98. The molecule has 1 rings (SSSR count). The van der Waals surface area contributed by atoms with Gasteiger partial charge in [-0.2, -0.15) is 5.26 Å². The zero-order valence-corrected chi connectivity index (χ0v) is 11.1. The first-order valence-electron chi connectivity index (χ1n) is 5.99. The van der Waals surface area contributed by atoms with E-state index < -0.39 is 5.91 Å². The molecule has 0 aliphatic carbocycles. The predicted octanol–water partition coefficient (Wildman–Crippen LogP) is 0.937. The second-order valence-corrected chi connectivity index (χ2v) is 4.58. The SMILES string of the molecule is CC(C)N(CC(N)=O)CC(=O)c1ccc(C#N)cc1. The smallest absolute Gasteiger partial charge is 0.231 e. The molecule has 100 valence electrons. The van der Waals surface area contributed by atoms with Gasteiger partial charge in [0.15, 0.2) is 5.78 Å². The van der Waals surface area contributed by atoms with Crippen LogP contribution in [0, 0.1) is 11.3 Å². The molecule has 0 heterocycles. The van der Waals surface area contributed by atoms with Gasteiger partial charge >= 0.3 is 0 Å². The molecule has 0 bridgehead atoms. The molecular weight excluding hydrogens is 242 g/mol. The molecule has 0 spiro atoms. The van der Waals surface area contributed by atoms with Crippen molar-refractivity contribution in [2.75, 3.05) is 13.1 Å². The molecule has 19 heavy (non-hydrogen) atoms. The van der Waals surface area contributed by atoms with E-state index in [0.29, 0.717) is 11.1 Å². The van der Waals surface area contributed by atoms with Crippen LogP contribution in [0.2, 0.25) is 0 Å². The fourth-order valence-electron chi connectivity index (χ4n) is 1.63. The van der Waals surface area contributed by atoms with Crippen LogP contribution >= 0.6 is 0 Å². The van der Waals surface area contributed by atoms with Gasteiger partial charge in [0.05, 0.1) is 24.7 Å². The van der Waals surface area contributed by atoms with Crippen molar-refractivity contribution in [1.29, 1.82) is 5.26 Å². The maximum Gasteiger partial charge on any atom is 0.231 e. The van der Waals surface area contributed by atoms with E-state index in [4.69, 9.17) is 11.0 Å². The predicted molar refractivity (Wildman–Crippen MR) is 71.4 cm³/mol. The summed E-state index contributed by atoms with van der Waals surface area (Å²) in [5.74, 6) is -0.555. The van der Waals surface area contributed by atoms with Crippen LogP contribution in [-0.2, 0) is 4.79 Å². The van der Waals surface area contributed by atoms with E-state index >= 15 is 0 Å². The molecule has 5 nitrogen and oxygen atoms in total. The summed E-state index contributed by atoms with van der Waals surface area (Å²) in [6.07, 6.45) is 0. The van der Waals surface area contributed by atoms with Crippen molar-refractivity contribution < 1.29 is 9.59 Å². The van der Waals surface area contributed by atoms with Gasteiger partial charge in [0.25, 0.3) is 0 Å².